The van der Waals surface area contributed by atoms with Gasteiger partial charge in [0.25, 0.3) is 0 Å². The van der Waals surface area contributed by atoms with E-state index in [2.05, 4.69) is 0 Å². The number of alkyl halides is 1. The van der Waals surface area contributed by atoms with Crippen molar-refractivity contribution in [2.75, 3.05) is 0 Å². The first-order chi connectivity index (χ1) is 5.11. The van der Waals surface area contributed by atoms with Crippen LogP contribution in [-0.2, 0) is 4.79 Å². The van der Waals surface area contributed by atoms with Gasteiger partial charge in [0.05, 0.1) is 5.57 Å². The van der Waals surface area contributed by atoms with Gasteiger partial charge in [-0.15, -0.1) is 0 Å². The van der Waals surface area contributed by atoms with Gasteiger partial charge in [-0.05, 0) is 12.2 Å². The van der Waals surface area contributed by atoms with Crippen LogP contribution < -0.4 is 0 Å². The molecule has 0 radical (unpaired) electrons. The third-order valence-electron chi connectivity index (χ3n) is 1.37. The molecule has 0 heterocycles. The fourth-order valence-corrected chi connectivity index (χ4v) is 0.828. The monoisotopic (exact) mass is 160 g/mol. The van der Waals surface area contributed by atoms with Crippen LogP contribution >= 0.6 is 0 Å². The maximum atomic E-state index is 12.6. The number of hydrogen-bond acceptors (Lipinski definition) is 1. The summed E-state index contributed by atoms with van der Waals surface area (Å²) < 4.78 is 24.9. The molecule has 0 aromatic heterocycles. The van der Waals surface area contributed by atoms with E-state index in [1.807, 2.05) is 0 Å². The summed E-state index contributed by atoms with van der Waals surface area (Å²) in [6.07, 6.45) is 0.134. The molecule has 0 fully saturated rings. The van der Waals surface area contributed by atoms with E-state index in [4.69, 9.17) is 5.11 Å². The van der Waals surface area contributed by atoms with E-state index in [0.717, 1.165) is 12.2 Å². The molecular formula is C7H6F2O2. The van der Waals surface area contributed by atoms with E-state index < -0.39 is 30.0 Å². The van der Waals surface area contributed by atoms with E-state index in [9.17, 15) is 13.6 Å². The molecule has 2 nitrogen and oxygen atoms in total. The van der Waals surface area contributed by atoms with Gasteiger partial charge >= 0.3 is 5.97 Å². The fraction of sp³-hybridized carbons (Fsp3) is 0.286. The Labute approximate surface area is 61.8 Å². The van der Waals surface area contributed by atoms with Gasteiger partial charge in [0.1, 0.15) is 12.0 Å². The summed E-state index contributed by atoms with van der Waals surface area (Å²) in [5.74, 6) is -2.25. The van der Waals surface area contributed by atoms with Crippen molar-refractivity contribution in [3.05, 3.63) is 23.6 Å². The molecule has 1 N–H and O–H groups in total. The summed E-state index contributed by atoms with van der Waals surface area (Å²) in [4.78, 5) is 10.2. The first-order valence-electron chi connectivity index (χ1n) is 3.05. The molecule has 1 aliphatic carbocycles. The summed E-state index contributed by atoms with van der Waals surface area (Å²) >= 11 is 0. The van der Waals surface area contributed by atoms with Gasteiger partial charge in [0.15, 0.2) is 0 Å². The van der Waals surface area contributed by atoms with Gasteiger partial charge < -0.3 is 5.11 Å². The van der Waals surface area contributed by atoms with E-state index in [1.54, 1.807) is 0 Å². The molecule has 1 rings (SSSR count). The van der Waals surface area contributed by atoms with Crippen molar-refractivity contribution in [2.45, 2.75) is 12.6 Å². The molecule has 0 spiro atoms. The van der Waals surface area contributed by atoms with Crippen molar-refractivity contribution in [1.29, 1.82) is 0 Å². The summed E-state index contributed by atoms with van der Waals surface area (Å²) in [6.45, 7) is 0. The lowest BCUT2D eigenvalue weighted by molar-refractivity contribution is -0.132. The number of rotatable bonds is 1. The molecular weight excluding hydrogens is 154 g/mol. The molecule has 0 aromatic carbocycles. The summed E-state index contributed by atoms with van der Waals surface area (Å²) in [5.41, 5.74) is -0.445. The zero-order chi connectivity index (χ0) is 8.43. The zero-order valence-corrected chi connectivity index (χ0v) is 5.55. The molecule has 0 aromatic rings. The number of carboxylic acids is 1. The minimum absolute atomic E-state index is 0.445. The highest BCUT2D eigenvalue weighted by molar-refractivity contribution is 5.90. The summed E-state index contributed by atoms with van der Waals surface area (Å²) in [5, 5.41) is 8.32. The minimum atomic E-state index is -1.39. The van der Waals surface area contributed by atoms with E-state index in [0.29, 0.717) is 0 Å². The summed E-state index contributed by atoms with van der Waals surface area (Å²) in [6, 6.07) is 0. The molecule has 0 saturated carbocycles. The van der Waals surface area contributed by atoms with Gasteiger partial charge in [-0.3, -0.25) is 0 Å². The number of halogens is 2. The van der Waals surface area contributed by atoms with E-state index in [-0.39, 0.29) is 0 Å². The molecule has 11 heavy (non-hydrogen) atoms. The molecule has 60 valence electrons. The van der Waals surface area contributed by atoms with Crippen LogP contribution in [0.5, 0.6) is 0 Å². The van der Waals surface area contributed by atoms with Crippen molar-refractivity contribution >= 4 is 5.97 Å². The second-order valence-corrected chi connectivity index (χ2v) is 2.20. The third-order valence-corrected chi connectivity index (χ3v) is 1.37. The lowest BCUT2D eigenvalue weighted by Gasteiger charge is -2.08. The van der Waals surface area contributed by atoms with Crippen molar-refractivity contribution < 1.29 is 18.7 Å². The van der Waals surface area contributed by atoms with Crippen LogP contribution in [0.25, 0.3) is 0 Å². The number of hydrogen-bond donors (Lipinski definition) is 1. The molecule has 0 aliphatic heterocycles. The molecule has 0 saturated heterocycles. The minimum Gasteiger partial charge on any atom is -0.478 e. The third kappa shape index (κ3) is 1.63. The Hall–Kier alpha value is -1.19. The Morgan fingerprint density at radius 1 is 1.73 bits per heavy atom. The average Bonchev–Trinajstić information content (AvgIpc) is 1.85. The number of aliphatic carboxylic acids is 1. The normalized spacial score (nSPS) is 24.0. The number of allylic oxidation sites excluding steroid dienone is 2. The first kappa shape index (κ1) is 7.91. The Morgan fingerprint density at radius 3 is 2.82 bits per heavy atom. The predicted octanol–water partition coefficient (Wildman–Crippen LogP) is 1.59. The van der Waals surface area contributed by atoms with Gasteiger partial charge in [0, 0.05) is 6.42 Å². The Bertz CT molecular complexity index is 243. The van der Waals surface area contributed by atoms with Gasteiger partial charge in [0.2, 0.25) is 0 Å². The molecule has 1 aliphatic rings. The molecule has 1 unspecified atom stereocenters. The summed E-state index contributed by atoms with van der Waals surface area (Å²) in [7, 11) is 0. The number of carbonyl (C=O) groups is 1. The topological polar surface area (TPSA) is 37.3 Å². The molecule has 4 heteroatoms. The lowest BCUT2D eigenvalue weighted by Crippen LogP contribution is -2.08. The maximum Gasteiger partial charge on any atom is 0.338 e. The van der Waals surface area contributed by atoms with Gasteiger partial charge in [-0.25, -0.2) is 13.6 Å². The molecule has 1 atom stereocenters. The molecule has 0 bridgehead atoms. The first-order valence-corrected chi connectivity index (χ1v) is 3.05. The van der Waals surface area contributed by atoms with Crippen LogP contribution in [0.2, 0.25) is 0 Å². The average molecular weight is 160 g/mol. The standard InChI is InChI=1S/C7H6F2O2/c8-4-1-2-5(7(10)11)6(9)3-4/h1-2,4H,3H2,(H,10,11). The highest BCUT2D eigenvalue weighted by atomic mass is 19.1. The van der Waals surface area contributed by atoms with Crippen molar-refractivity contribution in [2.24, 2.45) is 0 Å². The van der Waals surface area contributed by atoms with Crippen LogP contribution in [-0.4, -0.2) is 17.2 Å². The maximum absolute atomic E-state index is 12.6. The Morgan fingerprint density at radius 2 is 2.36 bits per heavy atom. The van der Waals surface area contributed by atoms with Crippen molar-refractivity contribution in [3.8, 4) is 0 Å². The number of carboxylic acid groups (broad SMARTS) is 1. The zero-order valence-electron chi connectivity index (χ0n) is 5.55. The quantitative estimate of drug-likeness (QED) is 0.632. The van der Waals surface area contributed by atoms with Crippen LogP contribution in [0.15, 0.2) is 23.6 Å². The highest BCUT2D eigenvalue weighted by Gasteiger charge is 2.19. The predicted molar refractivity (Wildman–Crippen MR) is 34.4 cm³/mol. The Balaban J connectivity index is 2.88. The fourth-order valence-electron chi connectivity index (χ4n) is 0.828. The molecule has 0 amide bonds. The lowest BCUT2D eigenvalue weighted by atomic mass is 10.1. The van der Waals surface area contributed by atoms with Crippen LogP contribution in [0.1, 0.15) is 6.42 Å². The largest absolute Gasteiger partial charge is 0.478 e. The second-order valence-electron chi connectivity index (χ2n) is 2.20. The smallest absolute Gasteiger partial charge is 0.338 e. The Kier molecular flexibility index (Phi) is 2.03. The second kappa shape index (κ2) is 2.82. The van der Waals surface area contributed by atoms with Crippen LogP contribution in [0, 0.1) is 0 Å². The van der Waals surface area contributed by atoms with Crippen LogP contribution in [0.3, 0.4) is 0 Å². The van der Waals surface area contributed by atoms with Crippen molar-refractivity contribution in [1.82, 2.24) is 0 Å². The van der Waals surface area contributed by atoms with E-state index >= 15 is 0 Å². The van der Waals surface area contributed by atoms with Crippen molar-refractivity contribution in [3.63, 3.8) is 0 Å². The van der Waals surface area contributed by atoms with E-state index in [1.165, 1.54) is 0 Å². The van der Waals surface area contributed by atoms with Gasteiger partial charge in [-0.1, -0.05) is 0 Å². The highest BCUT2D eigenvalue weighted by Crippen LogP contribution is 2.22. The SMILES string of the molecule is O=C(O)C1=C(F)CC(F)C=C1. The van der Waals surface area contributed by atoms with Gasteiger partial charge in [-0.2, -0.15) is 0 Å². The van der Waals surface area contributed by atoms with Crippen LogP contribution in [0.4, 0.5) is 8.78 Å².